The van der Waals surface area contributed by atoms with E-state index < -0.39 is 17.7 Å². The van der Waals surface area contributed by atoms with Gasteiger partial charge in [-0.3, -0.25) is 9.48 Å². The molecule has 1 N–H and O–H groups in total. The molecule has 1 unspecified atom stereocenters. The summed E-state index contributed by atoms with van der Waals surface area (Å²) in [6.07, 6.45) is 4.95. The van der Waals surface area contributed by atoms with Gasteiger partial charge in [0.1, 0.15) is 11.7 Å². The van der Waals surface area contributed by atoms with Crippen molar-refractivity contribution in [1.82, 2.24) is 24.6 Å². The lowest BCUT2D eigenvalue weighted by Crippen LogP contribution is -2.37. The van der Waals surface area contributed by atoms with Crippen LogP contribution in [0.15, 0.2) is 24.7 Å². The highest BCUT2D eigenvalue weighted by molar-refractivity contribution is 5.83. The third-order valence-corrected chi connectivity index (χ3v) is 6.98. The molecule has 1 amide bonds. The molecule has 3 aliphatic rings. The number of halogens is 2. The van der Waals surface area contributed by atoms with Crippen molar-refractivity contribution in [2.75, 3.05) is 36.4 Å². The lowest BCUT2D eigenvalue weighted by Gasteiger charge is -2.29. The second kappa shape index (κ2) is 6.12. The van der Waals surface area contributed by atoms with Crippen LogP contribution in [-0.2, 0) is 11.8 Å². The number of carbonyl (C=O) groups is 1. The molecule has 2 aromatic rings. The van der Waals surface area contributed by atoms with Gasteiger partial charge in [-0.25, -0.2) is 13.8 Å². The molecule has 30 heavy (non-hydrogen) atoms. The molecule has 1 aliphatic carbocycles. The number of amides is 1. The van der Waals surface area contributed by atoms with Crippen molar-refractivity contribution in [2.45, 2.75) is 26.2 Å². The van der Waals surface area contributed by atoms with E-state index >= 15 is 0 Å². The van der Waals surface area contributed by atoms with Gasteiger partial charge in [0, 0.05) is 62.9 Å². The standard InChI is InChI=1S/C20H25F2N7O/c1-18-9-28(15-4-5-23-17(26-15)25-13-7-24-27(3)8-13)10-19(18,2)12-29(11-18)16(30)14-6-20(14,21)22/h4-5,7-8,14H,6,9-12H2,1-3H3,(H,23,25,26)/t14?,18-,19+. The normalized spacial score (nSPS) is 31.7. The number of aryl methyl sites for hydroxylation is 1. The highest BCUT2D eigenvalue weighted by Crippen LogP contribution is 2.55. The first-order chi connectivity index (χ1) is 14.1. The number of aromatic nitrogens is 4. The number of rotatable bonds is 4. The minimum atomic E-state index is -2.82. The van der Waals surface area contributed by atoms with E-state index in [2.05, 4.69) is 39.1 Å². The van der Waals surface area contributed by atoms with E-state index in [-0.39, 0.29) is 17.3 Å². The van der Waals surface area contributed by atoms with Crippen LogP contribution in [0.1, 0.15) is 20.3 Å². The first kappa shape index (κ1) is 19.2. The van der Waals surface area contributed by atoms with E-state index in [4.69, 9.17) is 0 Å². The first-order valence-electron chi connectivity index (χ1n) is 10.1. The Balaban J connectivity index is 1.30. The third-order valence-electron chi connectivity index (χ3n) is 6.98. The smallest absolute Gasteiger partial charge is 0.260 e. The van der Waals surface area contributed by atoms with Gasteiger partial charge in [0.05, 0.1) is 11.9 Å². The highest BCUT2D eigenvalue weighted by Gasteiger charge is 2.65. The molecule has 0 spiro atoms. The molecular formula is C20H25F2N7O. The van der Waals surface area contributed by atoms with Crippen molar-refractivity contribution in [3.05, 3.63) is 24.7 Å². The van der Waals surface area contributed by atoms with Crippen molar-refractivity contribution in [3.8, 4) is 0 Å². The lowest BCUT2D eigenvalue weighted by molar-refractivity contribution is -0.134. The molecule has 1 saturated carbocycles. The fourth-order valence-electron chi connectivity index (χ4n) is 4.88. The number of hydrogen-bond acceptors (Lipinski definition) is 6. The summed E-state index contributed by atoms with van der Waals surface area (Å²) in [5, 5.41) is 7.28. The predicted molar refractivity (Wildman–Crippen MR) is 107 cm³/mol. The minimum absolute atomic E-state index is 0.186. The number of alkyl halides is 2. The van der Waals surface area contributed by atoms with Crippen LogP contribution in [0, 0.1) is 16.7 Å². The summed E-state index contributed by atoms with van der Waals surface area (Å²) in [4.78, 5) is 25.3. The van der Waals surface area contributed by atoms with Gasteiger partial charge in [-0.1, -0.05) is 13.8 Å². The van der Waals surface area contributed by atoms with Gasteiger partial charge in [-0.15, -0.1) is 0 Å². The summed E-state index contributed by atoms with van der Waals surface area (Å²) in [7, 11) is 1.84. The number of carbonyl (C=O) groups excluding carboxylic acids is 1. The van der Waals surface area contributed by atoms with Crippen LogP contribution in [0.4, 0.5) is 26.2 Å². The molecule has 5 rings (SSSR count). The van der Waals surface area contributed by atoms with Crippen LogP contribution in [0.25, 0.3) is 0 Å². The highest BCUT2D eigenvalue weighted by atomic mass is 19.3. The Morgan fingerprint density at radius 1 is 1.20 bits per heavy atom. The Hall–Kier alpha value is -2.78. The van der Waals surface area contributed by atoms with Crippen molar-refractivity contribution in [2.24, 2.45) is 23.8 Å². The maximum absolute atomic E-state index is 13.4. The lowest BCUT2D eigenvalue weighted by atomic mass is 9.71. The Kier molecular flexibility index (Phi) is 3.91. The van der Waals surface area contributed by atoms with Crippen LogP contribution in [0.3, 0.4) is 0 Å². The van der Waals surface area contributed by atoms with E-state index in [9.17, 15) is 13.6 Å². The van der Waals surface area contributed by atoms with Crippen LogP contribution in [0.2, 0.25) is 0 Å². The Bertz CT molecular complexity index is 991. The molecule has 3 atom stereocenters. The van der Waals surface area contributed by atoms with E-state index in [0.717, 1.165) is 11.5 Å². The van der Waals surface area contributed by atoms with Crippen LogP contribution in [0.5, 0.6) is 0 Å². The van der Waals surface area contributed by atoms with Gasteiger partial charge in [-0.05, 0) is 6.07 Å². The molecule has 4 heterocycles. The number of hydrogen-bond donors (Lipinski definition) is 1. The fraction of sp³-hybridized carbons (Fsp3) is 0.600. The largest absolute Gasteiger partial charge is 0.355 e. The summed E-state index contributed by atoms with van der Waals surface area (Å²) in [6.45, 7) is 6.69. The van der Waals surface area contributed by atoms with Gasteiger partial charge in [0.15, 0.2) is 0 Å². The molecule has 2 aromatic heterocycles. The molecule has 8 nitrogen and oxygen atoms in total. The topological polar surface area (TPSA) is 79.2 Å². The minimum Gasteiger partial charge on any atom is -0.355 e. The molecule has 2 aliphatic heterocycles. The summed E-state index contributed by atoms with van der Waals surface area (Å²) in [5.41, 5.74) is 0.432. The number of fused-ring (bicyclic) bond motifs is 1. The van der Waals surface area contributed by atoms with Crippen molar-refractivity contribution in [3.63, 3.8) is 0 Å². The average Bonchev–Trinajstić information content (AvgIpc) is 2.90. The third kappa shape index (κ3) is 3.00. The molecule has 2 saturated heterocycles. The first-order valence-corrected chi connectivity index (χ1v) is 10.1. The summed E-state index contributed by atoms with van der Waals surface area (Å²) in [5.74, 6) is -3.04. The zero-order valence-electron chi connectivity index (χ0n) is 17.3. The van der Waals surface area contributed by atoms with Gasteiger partial charge in [0.2, 0.25) is 11.9 Å². The zero-order valence-corrected chi connectivity index (χ0v) is 17.3. The van der Waals surface area contributed by atoms with E-state index in [1.54, 1.807) is 22.0 Å². The number of nitrogens with one attached hydrogen (secondary N) is 1. The van der Waals surface area contributed by atoms with Crippen molar-refractivity contribution in [1.29, 1.82) is 0 Å². The van der Waals surface area contributed by atoms with Crippen LogP contribution >= 0.6 is 0 Å². The Morgan fingerprint density at radius 2 is 1.87 bits per heavy atom. The van der Waals surface area contributed by atoms with Crippen LogP contribution in [-0.4, -0.2) is 62.7 Å². The quantitative estimate of drug-likeness (QED) is 0.822. The van der Waals surface area contributed by atoms with Gasteiger partial charge < -0.3 is 15.1 Å². The maximum Gasteiger partial charge on any atom is 0.260 e. The summed E-state index contributed by atoms with van der Waals surface area (Å²) >= 11 is 0. The molecule has 160 valence electrons. The van der Waals surface area contributed by atoms with Gasteiger partial charge in [0.25, 0.3) is 5.92 Å². The van der Waals surface area contributed by atoms with E-state index in [1.807, 2.05) is 19.3 Å². The van der Waals surface area contributed by atoms with Gasteiger partial charge in [-0.2, -0.15) is 10.1 Å². The molecular weight excluding hydrogens is 392 g/mol. The van der Waals surface area contributed by atoms with Crippen LogP contribution < -0.4 is 10.2 Å². The molecule has 0 bridgehead atoms. The molecule has 0 radical (unpaired) electrons. The zero-order chi connectivity index (χ0) is 21.3. The number of nitrogens with zero attached hydrogens (tertiary/aromatic N) is 6. The van der Waals surface area contributed by atoms with E-state index in [1.165, 1.54) is 0 Å². The second-order valence-corrected chi connectivity index (χ2v) is 9.46. The SMILES string of the molecule is Cn1cc(Nc2nccc(N3C[C@]4(C)CN(C(=O)C5CC5(F)F)C[C@]4(C)C3)n2)cn1. The van der Waals surface area contributed by atoms with Crippen molar-refractivity contribution >= 4 is 23.4 Å². The summed E-state index contributed by atoms with van der Waals surface area (Å²) in [6, 6.07) is 1.87. The van der Waals surface area contributed by atoms with E-state index in [0.29, 0.717) is 32.1 Å². The second-order valence-electron chi connectivity index (χ2n) is 9.46. The Labute approximate surface area is 173 Å². The Morgan fingerprint density at radius 3 is 2.43 bits per heavy atom. The molecule has 0 aromatic carbocycles. The predicted octanol–water partition coefficient (Wildman–Crippen LogP) is 2.28. The molecule has 10 heteroatoms. The van der Waals surface area contributed by atoms with Crippen molar-refractivity contribution < 1.29 is 13.6 Å². The monoisotopic (exact) mass is 417 g/mol. The van der Waals surface area contributed by atoms with Gasteiger partial charge >= 0.3 is 0 Å². The maximum atomic E-state index is 13.4. The fourth-order valence-corrected chi connectivity index (χ4v) is 4.88. The number of likely N-dealkylation sites (tertiary alicyclic amines) is 1. The number of anilines is 3. The summed E-state index contributed by atoms with van der Waals surface area (Å²) < 4.78 is 28.5. The molecule has 3 fully saturated rings. The average molecular weight is 417 g/mol.